The number of amides is 3. The summed E-state index contributed by atoms with van der Waals surface area (Å²) in [7, 11) is 0. The number of nitrogens with two attached hydrogens (primary N) is 2. The molecule has 64 heavy (non-hydrogen) atoms. The zero-order valence-electron chi connectivity index (χ0n) is 36.2. The Labute approximate surface area is 368 Å². The van der Waals surface area contributed by atoms with Gasteiger partial charge in [-0.05, 0) is 49.6 Å². The number of nitrogen functional groups attached to an aromatic ring is 2. The van der Waals surface area contributed by atoms with Crippen LogP contribution in [0.1, 0.15) is 81.2 Å². The van der Waals surface area contributed by atoms with Crippen LogP contribution in [0.15, 0.2) is 59.5 Å². The van der Waals surface area contributed by atoms with Crippen molar-refractivity contribution in [1.29, 1.82) is 0 Å². The fraction of sp³-hybridized carbons (Fsp3) is 0.409. The number of nitrogens with one attached hydrogen (secondary N) is 5. The number of hydrogen-bond acceptors (Lipinski definition) is 14. The molecule has 20 heteroatoms. The Balaban J connectivity index is 0.860. The number of imidazole rings is 1. The molecule has 1 atom stereocenters. The van der Waals surface area contributed by atoms with E-state index in [0.717, 1.165) is 41.5 Å². The van der Waals surface area contributed by atoms with Crippen molar-refractivity contribution in [2.24, 2.45) is 5.41 Å². The predicted octanol–water partition coefficient (Wildman–Crippen LogP) is 3.45. The number of carbonyl (C=O) groups excluding carboxylic acids is 3. The average molecular weight is 878 g/mol. The molecule has 0 aliphatic rings. The zero-order chi connectivity index (χ0) is 45.8. The predicted molar refractivity (Wildman–Crippen MR) is 242 cm³/mol. The number of carbonyl (C=O) groups is 4. The first-order valence-electron chi connectivity index (χ1n) is 21.2. The fourth-order valence-electron chi connectivity index (χ4n) is 7.03. The summed E-state index contributed by atoms with van der Waals surface area (Å²) in [6, 6.07) is 12.9. The molecule has 0 aliphatic carbocycles. The Morgan fingerprint density at radius 3 is 2.45 bits per heavy atom. The van der Waals surface area contributed by atoms with Crippen LogP contribution in [-0.4, -0.2) is 95.6 Å². The Morgan fingerprint density at radius 2 is 1.69 bits per heavy atom. The summed E-state index contributed by atoms with van der Waals surface area (Å²) in [6.07, 6.45) is 4.71. The van der Waals surface area contributed by atoms with Crippen LogP contribution in [0, 0.1) is 5.41 Å². The van der Waals surface area contributed by atoms with Crippen LogP contribution in [0.2, 0.25) is 0 Å². The lowest BCUT2D eigenvalue weighted by atomic mass is 9.93. The highest BCUT2D eigenvalue weighted by molar-refractivity contribution is 6.06. The molecule has 2 aromatic carbocycles. The third-order valence-corrected chi connectivity index (χ3v) is 10.4. The Morgan fingerprint density at radius 1 is 0.922 bits per heavy atom. The minimum Gasteiger partial charge on any atom is -0.480 e. The summed E-state index contributed by atoms with van der Waals surface area (Å²) in [6.45, 7) is 8.44. The number of H-pyrrole nitrogens is 1. The van der Waals surface area contributed by atoms with Gasteiger partial charge in [-0.25, -0.2) is 24.7 Å². The van der Waals surface area contributed by atoms with Crippen LogP contribution in [0.5, 0.6) is 0 Å². The van der Waals surface area contributed by atoms with Crippen molar-refractivity contribution in [2.75, 3.05) is 43.1 Å². The number of carboxylic acids is 1. The van der Waals surface area contributed by atoms with Gasteiger partial charge in [-0.2, -0.15) is 4.98 Å². The van der Waals surface area contributed by atoms with Gasteiger partial charge in [0.2, 0.25) is 17.8 Å². The van der Waals surface area contributed by atoms with E-state index in [0.29, 0.717) is 55.4 Å². The van der Waals surface area contributed by atoms with Crippen molar-refractivity contribution < 1.29 is 29.0 Å². The molecule has 0 saturated carbocycles. The molecule has 3 amide bonds. The van der Waals surface area contributed by atoms with Gasteiger partial charge in [0, 0.05) is 67.6 Å². The molecule has 4 heterocycles. The van der Waals surface area contributed by atoms with E-state index in [1.54, 1.807) is 12.1 Å². The lowest BCUT2D eigenvalue weighted by molar-refractivity contribution is -0.139. The number of aryl methyl sites for hydroxylation is 1. The Hall–Kier alpha value is -7.22. The fourth-order valence-corrected chi connectivity index (χ4v) is 7.03. The maximum absolute atomic E-state index is 12.9. The number of rotatable bonds is 23. The van der Waals surface area contributed by atoms with Crippen molar-refractivity contribution in [3.63, 3.8) is 0 Å². The van der Waals surface area contributed by atoms with Gasteiger partial charge in [0.15, 0.2) is 17.0 Å². The van der Waals surface area contributed by atoms with E-state index in [1.807, 2.05) is 24.3 Å². The molecular formula is C44H55N13O7. The highest BCUT2D eigenvalue weighted by atomic mass is 16.5. The lowest BCUT2D eigenvalue weighted by Crippen LogP contribution is -2.41. The van der Waals surface area contributed by atoms with Crippen LogP contribution in [0.3, 0.4) is 0 Å². The average Bonchev–Trinajstić information content (AvgIpc) is 3.63. The molecule has 10 N–H and O–H groups in total. The maximum Gasteiger partial charge on any atom is 0.326 e. The topological polar surface area (TPSA) is 300 Å². The molecule has 6 rings (SSSR count). The summed E-state index contributed by atoms with van der Waals surface area (Å²) in [5.41, 5.74) is 15.1. The number of ether oxygens (including phenoxy) is 1. The standard InChI is InChI=1S/C44H55N13O7/c1-4-5-11-32-54-35-37(29-9-6-7-10-30(29)52-38(35)45)57(32)25-44(2,3)24-50-34(59)18-21-64-20-8-19-47-33(58)17-16-31(42(62)63)53-40(60)26-12-14-27(15-13-26)48-22-28-23-49-39-36(51-28)41(61)56-43(46)55-39/h6-7,9-10,12-15,23,31,48H,4-5,8,11,16-22,24-25H2,1-3H3,(H2,45,52)(H,47,58)(H,50,59)(H,53,60)(H,62,63)(H3,46,49,55,56,61)/t31-/m0/s1. The van der Waals surface area contributed by atoms with Crippen molar-refractivity contribution in [3.8, 4) is 0 Å². The third-order valence-electron chi connectivity index (χ3n) is 10.4. The second-order valence-electron chi connectivity index (χ2n) is 16.3. The van der Waals surface area contributed by atoms with Crippen molar-refractivity contribution in [3.05, 3.63) is 82.2 Å². The normalized spacial score (nSPS) is 12.0. The summed E-state index contributed by atoms with van der Waals surface area (Å²) in [5, 5.41) is 22.1. The number of fused-ring (bicyclic) bond motifs is 4. The highest BCUT2D eigenvalue weighted by Crippen LogP contribution is 2.32. The van der Waals surface area contributed by atoms with Gasteiger partial charge in [0.05, 0.1) is 36.1 Å². The molecule has 6 aromatic rings. The molecule has 0 saturated heterocycles. The third kappa shape index (κ3) is 12.2. The van der Waals surface area contributed by atoms with E-state index in [-0.39, 0.29) is 72.3 Å². The molecule has 0 radical (unpaired) electrons. The van der Waals surface area contributed by atoms with Crippen LogP contribution < -0.4 is 38.3 Å². The van der Waals surface area contributed by atoms with Gasteiger partial charge in [-0.3, -0.25) is 24.2 Å². The molecule has 0 bridgehead atoms. The number of anilines is 3. The Bertz CT molecular complexity index is 2680. The van der Waals surface area contributed by atoms with E-state index in [4.69, 9.17) is 21.2 Å². The quantitative estimate of drug-likeness (QED) is 0.0428. The summed E-state index contributed by atoms with van der Waals surface area (Å²) in [5.74, 6) is -1.09. The van der Waals surface area contributed by atoms with E-state index < -0.39 is 23.5 Å². The summed E-state index contributed by atoms with van der Waals surface area (Å²) in [4.78, 5) is 86.4. The molecule has 20 nitrogen and oxygen atoms in total. The number of benzene rings is 2. The van der Waals surface area contributed by atoms with Gasteiger partial charge >= 0.3 is 5.97 Å². The molecule has 4 aromatic heterocycles. The van der Waals surface area contributed by atoms with Crippen LogP contribution in [0.4, 0.5) is 17.5 Å². The van der Waals surface area contributed by atoms with Gasteiger partial charge in [-0.15, -0.1) is 0 Å². The number of aliphatic carboxylic acids is 1. The zero-order valence-corrected chi connectivity index (χ0v) is 36.2. The summed E-state index contributed by atoms with van der Waals surface area (Å²) >= 11 is 0. The minimum absolute atomic E-state index is 0.0511. The SMILES string of the molecule is CCCCc1nc2c(N)nc3ccccc3c2n1CC(C)(C)CNC(=O)CCOCCCNC(=O)CC[C@H](NC(=O)c1ccc(NCc2cnc3nc(N)[nH]c(=O)c3n2)cc1)C(=O)O. The van der Waals surface area contributed by atoms with Crippen LogP contribution >= 0.6 is 0 Å². The lowest BCUT2D eigenvalue weighted by Gasteiger charge is -2.27. The number of pyridine rings is 1. The van der Waals surface area contributed by atoms with Crippen molar-refractivity contribution >= 4 is 74.2 Å². The van der Waals surface area contributed by atoms with E-state index >= 15 is 0 Å². The number of para-hydroxylation sites is 1. The second kappa shape index (κ2) is 21.2. The van der Waals surface area contributed by atoms with Gasteiger partial charge < -0.3 is 47.1 Å². The molecule has 0 aliphatic heterocycles. The maximum atomic E-state index is 12.9. The molecule has 0 spiro atoms. The van der Waals surface area contributed by atoms with E-state index in [2.05, 4.69) is 71.5 Å². The first-order chi connectivity index (χ1) is 30.7. The van der Waals surface area contributed by atoms with E-state index in [9.17, 15) is 29.1 Å². The molecule has 338 valence electrons. The second-order valence-corrected chi connectivity index (χ2v) is 16.3. The monoisotopic (exact) mass is 877 g/mol. The van der Waals surface area contributed by atoms with Gasteiger partial charge in [0.1, 0.15) is 17.4 Å². The smallest absolute Gasteiger partial charge is 0.326 e. The van der Waals surface area contributed by atoms with Crippen molar-refractivity contribution in [1.82, 2.24) is 50.4 Å². The van der Waals surface area contributed by atoms with Gasteiger partial charge in [0.25, 0.3) is 11.5 Å². The number of nitrogens with zero attached hydrogens (tertiary/aromatic N) is 6. The van der Waals surface area contributed by atoms with Crippen LogP contribution in [0.25, 0.3) is 33.1 Å². The first-order valence-corrected chi connectivity index (χ1v) is 21.2. The number of aromatic nitrogens is 7. The van der Waals surface area contributed by atoms with Crippen LogP contribution in [-0.2, 0) is 38.6 Å². The minimum atomic E-state index is -1.29. The molecular weight excluding hydrogens is 823 g/mol. The highest BCUT2D eigenvalue weighted by Gasteiger charge is 2.26. The Kier molecular flexibility index (Phi) is 15.4. The largest absolute Gasteiger partial charge is 0.480 e. The molecule has 0 fully saturated rings. The number of aromatic amines is 1. The first kappa shape index (κ1) is 46.3. The number of unbranched alkanes of at least 4 members (excludes halogenated alkanes) is 1. The molecule has 0 unspecified atom stereocenters. The van der Waals surface area contributed by atoms with Crippen molar-refractivity contribution in [2.45, 2.75) is 84.8 Å². The summed E-state index contributed by atoms with van der Waals surface area (Å²) < 4.78 is 7.88. The van der Waals surface area contributed by atoms with E-state index in [1.165, 1.54) is 18.3 Å². The number of hydrogen-bond donors (Lipinski definition) is 8. The number of carboxylic acid groups (broad SMARTS) is 1. The van der Waals surface area contributed by atoms with Gasteiger partial charge in [-0.1, -0.05) is 45.4 Å².